The van der Waals surface area contributed by atoms with E-state index in [4.69, 9.17) is 4.74 Å². The normalized spacial score (nSPS) is 26.1. The van der Waals surface area contributed by atoms with Crippen LogP contribution in [0.2, 0.25) is 0 Å². The van der Waals surface area contributed by atoms with Crippen LogP contribution in [-0.4, -0.2) is 66.7 Å². The van der Waals surface area contributed by atoms with Crippen molar-refractivity contribution in [1.82, 2.24) is 15.1 Å². The second kappa shape index (κ2) is 8.39. The van der Waals surface area contributed by atoms with Crippen LogP contribution < -0.4 is 5.32 Å². The van der Waals surface area contributed by atoms with Crippen molar-refractivity contribution >= 4 is 12.0 Å². The molecule has 25 heavy (non-hydrogen) atoms. The zero-order chi connectivity index (χ0) is 18.6. The van der Waals surface area contributed by atoms with E-state index in [0.717, 1.165) is 19.5 Å². The maximum absolute atomic E-state index is 12.7. The smallest absolute Gasteiger partial charge is 0.407 e. The number of hydrogen-bond donors (Lipinski definition) is 1. The summed E-state index contributed by atoms with van der Waals surface area (Å²) in [7, 11) is 3.57. The highest BCUT2D eigenvalue weighted by molar-refractivity contribution is 5.80. The Kier molecular flexibility index (Phi) is 6.72. The Morgan fingerprint density at radius 2 is 1.72 bits per heavy atom. The van der Waals surface area contributed by atoms with E-state index in [-0.39, 0.29) is 17.9 Å². The number of nitrogens with one attached hydrogen (secondary N) is 1. The lowest BCUT2D eigenvalue weighted by Crippen LogP contribution is -2.58. The van der Waals surface area contributed by atoms with Gasteiger partial charge in [-0.3, -0.25) is 9.69 Å². The maximum atomic E-state index is 12.7. The zero-order valence-electron chi connectivity index (χ0n) is 16.5. The van der Waals surface area contributed by atoms with E-state index in [1.165, 1.54) is 32.1 Å². The standard InChI is InChI=1S/C19H35N3O3/c1-19(2,3)25-18(24)20-16-11-12-22(14-9-7-6-8-10-14)13-15(16)17(23)21(4)5/h14-16H,6-13H2,1-5H3,(H,20,24). The fraction of sp³-hybridized carbons (Fsp3) is 0.895. The average molecular weight is 354 g/mol. The van der Waals surface area contributed by atoms with Crippen LogP contribution in [-0.2, 0) is 9.53 Å². The number of alkyl carbamates (subject to hydrolysis) is 1. The van der Waals surface area contributed by atoms with Gasteiger partial charge in [-0.1, -0.05) is 19.3 Å². The highest BCUT2D eigenvalue weighted by atomic mass is 16.6. The number of ether oxygens (including phenoxy) is 1. The van der Waals surface area contributed by atoms with E-state index in [2.05, 4.69) is 10.2 Å². The van der Waals surface area contributed by atoms with Crippen molar-refractivity contribution < 1.29 is 14.3 Å². The largest absolute Gasteiger partial charge is 0.444 e. The van der Waals surface area contributed by atoms with Crippen LogP contribution in [0.15, 0.2) is 0 Å². The Morgan fingerprint density at radius 3 is 2.28 bits per heavy atom. The Labute approximate surface area is 152 Å². The summed E-state index contributed by atoms with van der Waals surface area (Å²) in [5.74, 6) is -0.125. The van der Waals surface area contributed by atoms with Crippen molar-refractivity contribution in [2.24, 2.45) is 5.92 Å². The molecule has 2 rings (SSSR count). The van der Waals surface area contributed by atoms with Crippen LogP contribution in [0.4, 0.5) is 4.79 Å². The summed E-state index contributed by atoms with van der Waals surface area (Å²) in [5.41, 5.74) is -0.534. The van der Waals surface area contributed by atoms with E-state index in [0.29, 0.717) is 6.04 Å². The summed E-state index contributed by atoms with van der Waals surface area (Å²) < 4.78 is 5.38. The monoisotopic (exact) mass is 353 g/mol. The van der Waals surface area contributed by atoms with Gasteiger partial charge in [0.15, 0.2) is 0 Å². The topological polar surface area (TPSA) is 61.9 Å². The van der Waals surface area contributed by atoms with E-state index >= 15 is 0 Å². The predicted octanol–water partition coefficient (Wildman–Crippen LogP) is 2.62. The number of nitrogens with zero attached hydrogens (tertiary/aromatic N) is 2. The quantitative estimate of drug-likeness (QED) is 0.847. The Hall–Kier alpha value is -1.30. The molecule has 144 valence electrons. The van der Waals surface area contributed by atoms with Gasteiger partial charge in [0, 0.05) is 39.3 Å². The number of likely N-dealkylation sites (tertiary alicyclic amines) is 1. The van der Waals surface area contributed by atoms with Gasteiger partial charge in [-0.15, -0.1) is 0 Å². The number of piperidine rings is 1. The molecule has 0 radical (unpaired) electrons. The van der Waals surface area contributed by atoms with Gasteiger partial charge in [0.25, 0.3) is 0 Å². The molecule has 0 spiro atoms. The molecule has 0 bridgehead atoms. The molecule has 2 aliphatic rings. The second-order valence-electron chi connectivity index (χ2n) is 8.67. The fourth-order valence-electron chi connectivity index (χ4n) is 3.97. The van der Waals surface area contributed by atoms with Crippen LogP contribution in [0.25, 0.3) is 0 Å². The Morgan fingerprint density at radius 1 is 1.08 bits per heavy atom. The molecule has 2 fully saturated rings. The molecule has 2 amide bonds. The molecule has 1 saturated carbocycles. The number of carbonyl (C=O) groups excluding carboxylic acids is 2. The first-order chi connectivity index (χ1) is 11.7. The molecule has 1 N–H and O–H groups in total. The lowest BCUT2D eigenvalue weighted by molar-refractivity contribution is -0.136. The molecular weight excluding hydrogens is 318 g/mol. The first kappa shape index (κ1) is 20.0. The predicted molar refractivity (Wildman–Crippen MR) is 98.4 cm³/mol. The molecule has 1 saturated heterocycles. The molecule has 6 heteroatoms. The van der Waals surface area contributed by atoms with Gasteiger partial charge in [-0.25, -0.2) is 4.79 Å². The van der Waals surface area contributed by atoms with Crippen molar-refractivity contribution in [2.45, 2.75) is 77.0 Å². The number of hydrogen-bond acceptors (Lipinski definition) is 4. The summed E-state index contributed by atoms with van der Waals surface area (Å²) in [6, 6.07) is 0.429. The summed E-state index contributed by atoms with van der Waals surface area (Å²) in [4.78, 5) is 29.0. The highest BCUT2D eigenvalue weighted by Crippen LogP contribution is 2.28. The first-order valence-electron chi connectivity index (χ1n) is 9.62. The molecule has 0 aromatic heterocycles. The van der Waals surface area contributed by atoms with Crippen molar-refractivity contribution in [1.29, 1.82) is 0 Å². The minimum atomic E-state index is -0.534. The third-order valence-electron chi connectivity index (χ3n) is 5.20. The molecule has 1 heterocycles. The third-order valence-corrected chi connectivity index (χ3v) is 5.20. The van der Waals surface area contributed by atoms with Gasteiger partial charge in [-0.05, 0) is 40.0 Å². The zero-order valence-corrected chi connectivity index (χ0v) is 16.5. The van der Waals surface area contributed by atoms with Crippen LogP contribution in [0.1, 0.15) is 59.3 Å². The molecule has 6 nitrogen and oxygen atoms in total. The summed E-state index contributed by atoms with van der Waals surface area (Å²) >= 11 is 0. The van der Waals surface area contributed by atoms with Gasteiger partial charge < -0.3 is 15.0 Å². The molecule has 2 atom stereocenters. The molecule has 2 unspecified atom stereocenters. The van der Waals surface area contributed by atoms with Gasteiger partial charge in [0.1, 0.15) is 5.60 Å². The molecule has 0 aromatic rings. The SMILES string of the molecule is CN(C)C(=O)C1CN(C2CCCCC2)CCC1NC(=O)OC(C)(C)C. The van der Waals surface area contributed by atoms with Crippen LogP contribution in [0.5, 0.6) is 0 Å². The summed E-state index contributed by atoms with van der Waals surface area (Å²) in [6.45, 7) is 7.20. The van der Waals surface area contributed by atoms with Crippen molar-refractivity contribution in [3.63, 3.8) is 0 Å². The van der Waals surface area contributed by atoms with E-state index in [1.54, 1.807) is 19.0 Å². The molecule has 1 aliphatic heterocycles. The van der Waals surface area contributed by atoms with E-state index in [9.17, 15) is 9.59 Å². The number of carbonyl (C=O) groups is 2. The first-order valence-corrected chi connectivity index (χ1v) is 9.62. The molecule has 0 aromatic carbocycles. The lowest BCUT2D eigenvalue weighted by atomic mass is 9.87. The summed E-state index contributed by atoms with van der Waals surface area (Å²) in [5, 5.41) is 2.95. The van der Waals surface area contributed by atoms with Crippen LogP contribution in [0, 0.1) is 5.92 Å². The number of rotatable bonds is 3. The van der Waals surface area contributed by atoms with E-state index in [1.807, 2.05) is 20.8 Å². The Bertz CT molecular complexity index is 467. The minimum absolute atomic E-state index is 0.0848. The van der Waals surface area contributed by atoms with Crippen LogP contribution in [0.3, 0.4) is 0 Å². The summed E-state index contributed by atoms with van der Waals surface area (Å²) in [6.07, 6.45) is 6.72. The van der Waals surface area contributed by atoms with Gasteiger partial charge in [0.05, 0.1) is 5.92 Å². The number of amides is 2. The van der Waals surface area contributed by atoms with E-state index < -0.39 is 11.7 Å². The van der Waals surface area contributed by atoms with Crippen LogP contribution >= 0.6 is 0 Å². The molecular formula is C19H35N3O3. The molecule has 1 aliphatic carbocycles. The lowest BCUT2D eigenvalue weighted by Gasteiger charge is -2.43. The van der Waals surface area contributed by atoms with Crippen molar-refractivity contribution in [2.75, 3.05) is 27.2 Å². The van der Waals surface area contributed by atoms with Gasteiger partial charge >= 0.3 is 6.09 Å². The van der Waals surface area contributed by atoms with Crippen molar-refractivity contribution in [3.8, 4) is 0 Å². The minimum Gasteiger partial charge on any atom is -0.444 e. The second-order valence-corrected chi connectivity index (χ2v) is 8.67. The third kappa shape index (κ3) is 5.87. The van der Waals surface area contributed by atoms with Gasteiger partial charge in [-0.2, -0.15) is 0 Å². The Balaban J connectivity index is 2.03. The fourth-order valence-corrected chi connectivity index (χ4v) is 3.97. The van der Waals surface area contributed by atoms with Gasteiger partial charge in [0.2, 0.25) is 5.91 Å². The highest BCUT2D eigenvalue weighted by Gasteiger charge is 2.38. The average Bonchev–Trinajstić information content (AvgIpc) is 2.53. The maximum Gasteiger partial charge on any atom is 0.407 e. The van der Waals surface area contributed by atoms with Crippen molar-refractivity contribution in [3.05, 3.63) is 0 Å².